The maximum atomic E-state index is 13.3. The van der Waals surface area contributed by atoms with Crippen molar-refractivity contribution in [1.29, 1.82) is 0 Å². The van der Waals surface area contributed by atoms with E-state index in [1.54, 1.807) is 30.3 Å². The summed E-state index contributed by atoms with van der Waals surface area (Å²) in [6, 6.07) is 23.2. The summed E-state index contributed by atoms with van der Waals surface area (Å²) >= 11 is 7.39. The highest BCUT2D eigenvalue weighted by Crippen LogP contribution is 2.60. The molecule has 2 saturated carbocycles. The molecule has 1 heterocycles. The minimum Gasteiger partial charge on any atom is -0.454 e. The van der Waals surface area contributed by atoms with Crippen LogP contribution in [0, 0.1) is 23.7 Å². The number of imide groups is 1. The van der Waals surface area contributed by atoms with Crippen LogP contribution in [0.25, 0.3) is 11.1 Å². The van der Waals surface area contributed by atoms with Gasteiger partial charge in [0.15, 0.2) is 12.4 Å². The second-order valence-electron chi connectivity index (χ2n) is 10.0. The number of benzene rings is 3. The molecule has 8 heteroatoms. The predicted molar refractivity (Wildman–Crippen MR) is 149 cm³/mol. The molecule has 1 aliphatic heterocycles. The molecule has 2 amide bonds. The fraction of sp³-hybridized carbons (Fsp3) is 0.267. The van der Waals surface area contributed by atoms with Gasteiger partial charge in [-0.15, -0.1) is 0 Å². The van der Waals surface area contributed by atoms with E-state index in [2.05, 4.69) is 31.9 Å². The van der Waals surface area contributed by atoms with Crippen molar-refractivity contribution >= 4 is 61.1 Å². The molecule has 192 valence electrons. The fourth-order valence-corrected chi connectivity index (χ4v) is 8.03. The van der Waals surface area contributed by atoms with E-state index in [1.165, 1.54) is 11.0 Å². The van der Waals surface area contributed by atoms with E-state index in [4.69, 9.17) is 4.74 Å². The number of nitrogens with zero attached hydrogens (tertiary/aromatic N) is 1. The first-order valence-corrected chi connectivity index (χ1v) is 14.3. The molecule has 0 aromatic heterocycles. The molecule has 38 heavy (non-hydrogen) atoms. The quantitative estimate of drug-likeness (QED) is 0.151. The number of halogens is 2. The lowest BCUT2D eigenvalue weighted by Gasteiger charge is -2.28. The first-order valence-electron chi connectivity index (χ1n) is 12.5. The Morgan fingerprint density at radius 2 is 1.37 bits per heavy atom. The van der Waals surface area contributed by atoms with E-state index in [9.17, 15) is 19.2 Å². The Morgan fingerprint density at radius 1 is 0.763 bits per heavy atom. The Balaban J connectivity index is 1.13. The molecule has 3 aromatic rings. The molecule has 0 unspecified atom stereocenters. The summed E-state index contributed by atoms with van der Waals surface area (Å²) in [5, 5.41) is 0. The lowest BCUT2D eigenvalue weighted by atomic mass is 9.81. The number of amides is 2. The highest BCUT2D eigenvalue weighted by Gasteiger charge is 2.66. The van der Waals surface area contributed by atoms with E-state index in [1.807, 2.05) is 42.5 Å². The number of ketones is 1. The number of fused-ring (bicyclic) bond motifs is 5. The molecule has 0 N–H and O–H groups in total. The minimum absolute atomic E-state index is 0.108. The molecule has 3 fully saturated rings. The Morgan fingerprint density at radius 3 is 2.00 bits per heavy atom. The molecule has 1 saturated heterocycles. The van der Waals surface area contributed by atoms with Crippen LogP contribution >= 0.6 is 31.9 Å². The molecule has 0 spiro atoms. The van der Waals surface area contributed by atoms with Crippen LogP contribution in [0.1, 0.15) is 27.1 Å². The zero-order valence-corrected chi connectivity index (χ0v) is 23.3. The van der Waals surface area contributed by atoms with Gasteiger partial charge in [-0.3, -0.25) is 19.3 Å². The van der Waals surface area contributed by atoms with E-state index in [-0.39, 0.29) is 56.5 Å². The summed E-state index contributed by atoms with van der Waals surface area (Å²) in [7, 11) is 0. The molecular formula is C30H23Br2NO5. The van der Waals surface area contributed by atoms with E-state index in [0.29, 0.717) is 11.3 Å². The lowest BCUT2D eigenvalue weighted by Crippen LogP contribution is -2.37. The highest BCUT2D eigenvalue weighted by atomic mass is 79.9. The Labute approximate surface area is 236 Å². The van der Waals surface area contributed by atoms with Gasteiger partial charge in [0, 0.05) is 15.2 Å². The highest BCUT2D eigenvalue weighted by molar-refractivity contribution is 9.12. The van der Waals surface area contributed by atoms with Crippen LogP contribution in [0.5, 0.6) is 0 Å². The number of esters is 1. The third-order valence-corrected chi connectivity index (χ3v) is 11.2. The molecule has 3 aliphatic rings. The van der Waals surface area contributed by atoms with Gasteiger partial charge in [-0.1, -0.05) is 92.5 Å². The molecule has 3 aromatic carbocycles. The van der Waals surface area contributed by atoms with E-state index >= 15 is 0 Å². The van der Waals surface area contributed by atoms with Gasteiger partial charge in [-0.05, 0) is 47.6 Å². The number of carbonyl (C=O) groups excluding carboxylic acids is 4. The van der Waals surface area contributed by atoms with Crippen LogP contribution in [0.15, 0.2) is 78.9 Å². The average molecular weight is 637 g/mol. The number of anilines is 1. The number of carbonyl (C=O) groups is 4. The monoisotopic (exact) mass is 635 g/mol. The largest absolute Gasteiger partial charge is 0.454 e. The van der Waals surface area contributed by atoms with E-state index in [0.717, 1.165) is 17.5 Å². The SMILES string of the molecule is O=C(COC(=O)c1cccc(N2C(=O)[C@@H]3[C@H]4C[C@H]([C@H](Br)[C@@H]4Br)[C@@H]3C2=O)c1)c1ccc(-c2ccccc2)cc1. The van der Waals surface area contributed by atoms with Crippen molar-refractivity contribution in [3.05, 3.63) is 90.0 Å². The number of hydrogen-bond acceptors (Lipinski definition) is 5. The molecule has 2 bridgehead atoms. The van der Waals surface area contributed by atoms with Gasteiger partial charge in [0.1, 0.15) is 0 Å². The van der Waals surface area contributed by atoms with Crippen molar-refractivity contribution in [2.24, 2.45) is 23.7 Å². The van der Waals surface area contributed by atoms with Gasteiger partial charge >= 0.3 is 5.97 Å². The van der Waals surface area contributed by atoms with Crippen LogP contribution in [0.4, 0.5) is 5.69 Å². The van der Waals surface area contributed by atoms with Crippen LogP contribution < -0.4 is 4.90 Å². The van der Waals surface area contributed by atoms with Crippen molar-refractivity contribution < 1.29 is 23.9 Å². The fourth-order valence-electron chi connectivity index (χ4n) is 6.15. The normalized spacial score (nSPS) is 27.5. The Hall–Kier alpha value is -3.10. The zero-order valence-electron chi connectivity index (χ0n) is 20.1. The molecule has 0 radical (unpaired) electrons. The van der Waals surface area contributed by atoms with Crippen molar-refractivity contribution in [2.45, 2.75) is 16.1 Å². The van der Waals surface area contributed by atoms with Gasteiger partial charge in [0.25, 0.3) is 0 Å². The van der Waals surface area contributed by atoms with Gasteiger partial charge < -0.3 is 4.74 Å². The molecule has 6 nitrogen and oxygen atoms in total. The maximum Gasteiger partial charge on any atom is 0.338 e. The number of rotatable bonds is 6. The summed E-state index contributed by atoms with van der Waals surface area (Å²) in [5.74, 6) is -1.91. The maximum absolute atomic E-state index is 13.3. The number of ether oxygens (including phenoxy) is 1. The Bertz CT molecular complexity index is 1410. The molecular weight excluding hydrogens is 614 g/mol. The van der Waals surface area contributed by atoms with Crippen LogP contribution in [0.2, 0.25) is 0 Å². The lowest BCUT2D eigenvalue weighted by molar-refractivity contribution is -0.123. The summed E-state index contributed by atoms with van der Waals surface area (Å²) in [6.45, 7) is -0.415. The van der Waals surface area contributed by atoms with Crippen molar-refractivity contribution in [3.8, 4) is 11.1 Å². The van der Waals surface area contributed by atoms with Gasteiger partial charge in [-0.2, -0.15) is 0 Å². The minimum atomic E-state index is -0.693. The second kappa shape index (κ2) is 9.89. The predicted octanol–water partition coefficient (Wildman–Crippen LogP) is 5.68. The van der Waals surface area contributed by atoms with E-state index < -0.39 is 12.6 Å². The van der Waals surface area contributed by atoms with Crippen LogP contribution in [-0.2, 0) is 14.3 Å². The number of Topliss-reactive ketones (excluding diaryl/α,β-unsaturated/α-hetero) is 1. The van der Waals surface area contributed by atoms with Crippen molar-refractivity contribution in [3.63, 3.8) is 0 Å². The number of hydrogen-bond donors (Lipinski definition) is 0. The average Bonchev–Trinajstić information content (AvgIpc) is 3.56. The van der Waals surface area contributed by atoms with Crippen LogP contribution in [-0.4, -0.2) is 39.8 Å². The molecule has 6 atom stereocenters. The summed E-state index contributed by atoms with van der Waals surface area (Å²) in [5.41, 5.74) is 2.99. The summed E-state index contributed by atoms with van der Waals surface area (Å²) in [6.07, 6.45) is 0.849. The first-order chi connectivity index (χ1) is 18.3. The standard InChI is InChI=1S/C30H23Br2NO5/c31-26-21-14-22(27(26)32)25-24(21)28(35)33(29(25)36)20-8-4-7-19(13-20)30(37)38-15-23(34)18-11-9-17(10-12-18)16-5-2-1-3-6-16/h1-13,21-22,24-27H,14-15H2/t21-,22+,24-,25+,26-,27+. The second-order valence-corrected chi connectivity index (χ2v) is 12.1. The summed E-state index contributed by atoms with van der Waals surface area (Å²) in [4.78, 5) is 53.6. The van der Waals surface area contributed by atoms with Gasteiger partial charge in [0.05, 0.1) is 23.1 Å². The number of alkyl halides is 2. The topological polar surface area (TPSA) is 80.8 Å². The van der Waals surface area contributed by atoms with Crippen molar-refractivity contribution in [1.82, 2.24) is 0 Å². The van der Waals surface area contributed by atoms with Crippen molar-refractivity contribution in [2.75, 3.05) is 11.5 Å². The van der Waals surface area contributed by atoms with Crippen LogP contribution in [0.3, 0.4) is 0 Å². The Kier molecular flexibility index (Phi) is 6.56. The molecule has 2 aliphatic carbocycles. The van der Waals surface area contributed by atoms with Gasteiger partial charge in [-0.25, -0.2) is 4.79 Å². The third-order valence-electron chi connectivity index (χ3n) is 7.98. The zero-order chi connectivity index (χ0) is 26.6. The third kappa shape index (κ3) is 4.14. The summed E-state index contributed by atoms with van der Waals surface area (Å²) < 4.78 is 5.29. The first kappa shape index (κ1) is 25.2. The van der Waals surface area contributed by atoms with Gasteiger partial charge in [0.2, 0.25) is 11.8 Å². The molecule has 6 rings (SSSR count). The smallest absolute Gasteiger partial charge is 0.338 e.